The minimum atomic E-state index is -0.300. The number of piperidine rings is 1. The smallest absolute Gasteiger partial charge is 0.247 e. The lowest BCUT2D eigenvalue weighted by Gasteiger charge is -2.31. The molecule has 0 radical (unpaired) electrons. The Kier molecular flexibility index (Phi) is 4.69. The van der Waals surface area contributed by atoms with Crippen LogP contribution in [-0.2, 0) is 4.79 Å². The van der Waals surface area contributed by atoms with Crippen molar-refractivity contribution in [1.82, 2.24) is 15.1 Å². The van der Waals surface area contributed by atoms with E-state index in [1.54, 1.807) is 12.1 Å². The van der Waals surface area contributed by atoms with Crippen LogP contribution in [0.1, 0.15) is 44.4 Å². The van der Waals surface area contributed by atoms with Crippen molar-refractivity contribution in [2.75, 3.05) is 13.1 Å². The molecule has 1 aliphatic rings. The summed E-state index contributed by atoms with van der Waals surface area (Å²) in [7, 11) is 0. The number of halogens is 1. The normalized spacial score (nSPS) is 18.2. The van der Waals surface area contributed by atoms with Gasteiger partial charge in [0.2, 0.25) is 17.7 Å². The van der Waals surface area contributed by atoms with Crippen LogP contribution in [0, 0.1) is 5.82 Å². The van der Waals surface area contributed by atoms with E-state index in [4.69, 9.17) is 4.42 Å². The zero-order valence-corrected chi connectivity index (χ0v) is 13.2. The predicted molar refractivity (Wildman–Crippen MR) is 83.2 cm³/mol. The highest BCUT2D eigenvalue weighted by Crippen LogP contribution is 2.28. The summed E-state index contributed by atoms with van der Waals surface area (Å²) in [6.07, 6.45) is 3.31. The van der Waals surface area contributed by atoms with Crippen LogP contribution in [0.25, 0.3) is 11.5 Å². The van der Waals surface area contributed by atoms with Gasteiger partial charge in [0.15, 0.2) is 0 Å². The van der Waals surface area contributed by atoms with Crippen molar-refractivity contribution >= 4 is 5.91 Å². The molecule has 1 saturated heterocycles. The Balaban J connectivity index is 1.72. The number of rotatable bonds is 4. The molecular formula is C17H20FN3O2. The van der Waals surface area contributed by atoms with Gasteiger partial charge in [-0.3, -0.25) is 4.79 Å². The number of nitrogens with zero attached hydrogens (tertiary/aromatic N) is 3. The molecule has 23 heavy (non-hydrogen) atoms. The Labute approximate surface area is 134 Å². The minimum absolute atomic E-state index is 0.0752. The predicted octanol–water partition coefficient (Wildman–Crippen LogP) is 3.38. The molecule has 0 unspecified atom stereocenters. The number of hydrogen-bond donors (Lipinski definition) is 0. The van der Waals surface area contributed by atoms with Gasteiger partial charge in [0.1, 0.15) is 5.82 Å². The van der Waals surface area contributed by atoms with Crippen molar-refractivity contribution in [1.29, 1.82) is 0 Å². The van der Waals surface area contributed by atoms with Gasteiger partial charge in [0, 0.05) is 25.1 Å². The molecule has 0 spiro atoms. The first kappa shape index (κ1) is 15.6. The fraction of sp³-hybridized carbons (Fsp3) is 0.471. The third kappa shape index (κ3) is 3.57. The molecule has 1 aromatic carbocycles. The maximum atomic E-state index is 13.0. The lowest BCUT2D eigenvalue weighted by atomic mass is 9.97. The fourth-order valence-electron chi connectivity index (χ4n) is 2.89. The van der Waals surface area contributed by atoms with E-state index in [1.165, 1.54) is 12.1 Å². The number of hydrogen-bond acceptors (Lipinski definition) is 4. The largest absolute Gasteiger partial charge is 0.420 e. The van der Waals surface area contributed by atoms with Gasteiger partial charge >= 0.3 is 0 Å². The van der Waals surface area contributed by atoms with E-state index in [0.717, 1.165) is 25.8 Å². The van der Waals surface area contributed by atoms with E-state index in [0.29, 0.717) is 30.3 Å². The summed E-state index contributed by atoms with van der Waals surface area (Å²) in [4.78, 5) is 13.9. The first-order chi connectivity index (χ1) is 11.2. The quantitative estimate of drug-likeness (QED) is 0.867. The standard InChI is InChI=1S/C17H20FN3O2/c1-2-4-15(22)21-10-3-5-13(11-21)17-20-19-16(23-17)12-6-8-14(18)9-7-12/h6-9,13H,2-5,10-11H2,1H3/t13-/m1/s1. The van der Waals surface area contributed by atoms with Gasteiger partial charge in [-0.1, -0.05) is 6.92 Å². The van der Waals surface area contributed by atoms with Crippen LogP contribution in [0.5, 0.6) is 0 Å². The molecule has 122 valence electrons. The second-order valence-electron chi connectivity index (χ2n) is 5.88. The number of amides is 1. The van der Waals surface area contributed by atoms with Crippen LogP contribution in [-0.4, -0.2) is 34.1 Å². The zero-order chi connectivity index (χ0) is 16.2. The molecule has 2 heterocycles. The summed E-state index contributed by atoms with van der Waals surface area (Å²) in [5.41, 5.74) is 0.694. The van der Waals surface area contributed by atoms with Crippen LogP contribution in [0.4, 0.5) is 4.39 Å². The van der Waals surface area contributed by atoms with Crippen molar-refractivity contribution in [2.24, 2.45) is 0 Å². The number of likely N-dealkylation sites (tertiary alicyclic amines) is 1. The molecule has 0 saturated carbocycles. The molecule has 0 N–H and O–H groups in total. The van der Waals surface area contributed by atoms with Crippen LogP contribution >= 0.6 is 0 Å². The highest BCUT2D eigenvalue weighted by molar-refractivity contribution is 5.76. The summed E-state index contributed by atoms with van der Waals surface area (Å²) in [6.45, 7) is 3.43. The molecule has 3 rings (SSSR count). The molecule has 1 atom stereocenters. The number of carbonyl (C=O) groups is 1. The van der Waals surface area contributed by atoms with Crippen molar-refractivity contribution in [3.05, 3.63) is 36.0 Å². The summed E-state index contributed by atoms with van der Waals surface area (Å²) in [6, 6.07) is 5.96. The summed E-state index contributed by atoms with van der Waals surface area (Å²) < 4.78 is 18.7. The molecule has 1 aromatic heterocycles. The van der Waals surface area contributed by atoms with E-state index in [2.05, 4.69) is 10.2 Å². The average Bonchev–Trinajstić information content (AvgIpc) is 3.06. The Morgan fingerprint density at radius 2 is 2.13 bits per heavy atom. The molecule has 0 bridgehead atoms. The first-order valence-electron chi connectivity index (χ1n) is 8.04. The van der Waals surface area contributed by atoms with Gasteiger partial charge in [-0.15, -0.1) is 10.2 Å². The minimum Gasteiger partial charge on any atom is -0.420 e. The molecule has 1 fully saturated rings. The molecule has 0 aliphatic carbocycles. The number of benzene rings is 1. The summed E-state index contributed by atoms with van der Waals surface area (Å²) in [5, 5.41) is 8.19. The molecular weight excluding hydrogens is 297 g/mol. The average molecular weight is 317 g/mol. The monoisotopic (exact) mass is 317 g/mol. The maximum absolute atomic E-state index is 13.0. The van der Waals surface area contributed by atoms with E-state index in [9.17, 15) is 9.18 Å². The van der Waals surface area contributed by atoms with Gasteiger partial charge < -0.3 is 9.32 Å². The van der Waals surface area contributed by atoms with Gasteiger partial charge in [-0.05, 0) is 43.5 Å². The molecule has 1 amide bonds. The SMILES string of the molecule is CCCC(=O)N1CCC[C@@H](c2nnc(-c3ccc(F)cc3)o2)C1. The Morgan fingerprint density at radius 3 is 2.87 bits per heavy atom. The summed E-state index contributed by atoms with van der Waals surface area (Å²) >= 11 is 0. The lowest BCUT2D eigenvalue weighted by molar-refractivity contribution is -0.132. The van der Waals surface area contributed by atoms with Crippen molar-refractivity contribution < 1.29 is 13.6 Å². The Bertz CT molecular complexity index is 669. The lowest BCUT2D eigenvalue weighted by Crippen LogP contribution is -2.39. The maximum Gasteiger partial charge on any atom is 0.247 e. The molecule has 5 nitrogen and oxygen atoms in total. The van der Waals surface area contributed by atoms with Gasteiger partial charge in [0.25, 0.3) is 0 Å². The zero-order valence-electron chi connectivity index (χ0n) is 13.2. The van der Waals surface area contributed by atoms with Gasteiger partial charge in [0.05, 0.1) is 5.92 Å². The highest BCUT2D eigenvalue weighted by Gasteiger charge is 2.28. The first-order valence-corrected chi connectivity index (χ1v) is 8.04. The van der Waals surface area contributed by atoms with Crippen LogP contribution in [0.2, 0.25) is 0 Å². The molecule has 2 aromatic rings. The van der Waals surface area contributed by atoms with Crippen LogP contribution < -0.4 is 0 Å². The second kappa shape index (κ2) is 6.89. The van der Waals surface area contributed by atoms with E-state index in [1.807, 2.05) is 11.8 Å². The Morgan fingerprint density at radius 1 is 1.35 bits per heavy atom. The third-order valence-electron chi connectivity index (χ3n) is 4.12. The molecule has 6 heteroatoms. The topological polar surface area (TPSA) is 59.2 Å². The fourth-order valence-corrected chi connectivity index (χ4v) is 2.89. The van der Waals surface area contributed by atoms with E-state index >= 15 is 0 Å². The highest BCUT2D eigenvalue weighted by atomic mass is 19.1. The van der Waals surface area contributed by atoms with Gasteiger partial charge in [-0.25, -0.2) is 4.39 Å². The third-order valence-corrected chi connectivity index (χ3v) is 4.12. The second-order valence-corrected chi connectivity index (χ2v) is 5.88. The number of aromatic nitrogens is 2. The van der Waals surface area contributed by atoms with Crippen LogP contribution in [0.15, 0.2) is 28.7 Å². The van der Waals surface area contributed by atoms with Crippen molar-refractivity contribution in [2.45, 2.75) is 38.5 Å². The summed E-state index contributed by atoms with van der Waals surface area (Å²) in [5.74, 6) is 0.905. The van der Waals surface area contributed by atoms with Crippen molar-refractivity contribution in [3.63, 3.8) is 0 Å². The Hall–Kier alpha value is -2.24. The van der Waals surface area contributed by atoms with E-state index < -0.39 is 0 Å². The molecule has 1 aliphatic heterocycles. The van der Waals surface area contributed by atoms with Crippen LogP contribution in [0.3, 0.4) is 0 Å². The van der Waals surface area contributed by atoms with Crippen molar-refractivity contribution in [3.8, 4) is 11.5 Å². The van der Waals surface area contributed by atoms with Gasteiger partial charge in [-0.2, -0.15) is 0 Å². The van der Waals surface area contributed by atoms with E-state index in [-0.39, 0.29) is 17.6 Å². The number of carbonyl (C=O) groups excluding carboxylic acids is 1.